The molecule has 15 heavy (non-hydrogen) atoms. The molecule has 2 saturated heterocycles. The van der Waals surface area contributed by atoms with Gasteiger partial charge in [0.2, 0.25) is 0 Å². The Morgan fingerprint density at radius 1 is 1.53 bits per heavy atom. The first-order valence-electron chi connectivity index (χ1n) is 5.60. The molecule has 0 spiro atoms. The molecule has 1 amide bonds. The van der Waals surface area contributed by atoms with Crippen molar-refractivity contribution >= 4 is 6.09 Å². The van der Waals surface area contributed by atoms with Crippen LogP contribution in [-0.2, 0) is 4.74 Å². The van der Waals surface area contributed by atoms with Crippen LogP contribution in [0.3, 0.4) is 0 Å². The van der Waals surface area contributed by atoms with Gasteiger partial charge in [0.05, 0.1) is 6.54 Å². The van der Waals surface area contributed by atoms with Crippen molar-refractivity contribution in [1.29, 1.82) is 0 Å². The number of carbonyl (C=O) groups is 1. The predicted octanol–water partition coefficient (Wildman–Crippen LogP) is -0.221. The molecule has 2 aliphatic rings. The summed E-state index contributed by atoms with van der Waals surface area (Å²) in [5, 5.41) is 6.12. The Hall–Kier alpha value is -0.810. The zero-order chi connectivity index (χ0) is 10.7. The zero-order valence-electron chi connectivity index (χ0n) is 9.16. The molecule has 2 heterocycles. The lowest BCUT2D eigenvalue weighted by Crippen LogP contribution is -2.39. The summed E-state index contributed by atoms with van der Waals surface area (Å²) in [5.74, 6) is 0. The minimum absolute atomic E-state index is 0.0175. The normalized spacial score (nSPS) is 30.7. The van der Waals surface area contributed by atoms with Gasteiger partial charge in [0.15, 0.2) is 0 Å². The molecule has 2 N–H and O–H groups in total. The van der Waals surface area contributed by atoms with Crippen LogP contribution in [0.1, 0.15) is 12.8 Å². The highest BCUT2D eigenvalue weighted by Gasteiger charge is 2.24. The second-order valence-electron chi connectivity index (χ2n) is 4.42. The molecule has 5 heteroatoms. The Kier molecular flexibility index (Phi) is 3.43. The third-order valence-electron chi connectivity index (χ3n) is 2.96. The molecule has 2 fully saturated rings. The molecule has 2 aliphatic heterocycles. The molecule has 2 unspecified atom stereocenters. The number of nitrogens with zero attached hydrogens (tertiary/aromatic N) is 1. The summed E-state index contributed by atoms with van der Waals surface area (Å²) >= 11 is 0. The SMILES string of the molecule is CN(CC1CCCN1)CC1CNC(=O)O1. The van der Waals surface area contributed by atoms with E-state index in [9.17, 15) is 4.79 Å². The van der Waals surface area contributed by atoms with E-state index < -0.39 is 0 Å². The molecule has 5 nitrogen and oxygen atoms in total. The number of likely N-dealkylation sites (N-methyl/N-ethyl adjacent to an activating group) is 1. The lowest BCUT2D eigenvalue weighted by Gasteiger charge is -2.22. The van der Waals surface area contributed by atoms with Gasteiger partial charge in [0, 0.05) is 19.1 Å². The Morgan fingerprint density at radius 3 is 3.00 bits per heavy atom. The van der Waals surface area contributed by atoms with Crippen molar-refractivity contribution in [3.05, 3.63) is 0 Å². The van der Waals surface area contributed by atoms with E-state index in [-0.39, 0.29) is 12.2 Å². The van der Waals surface area contributed by atoms with E-state index in [2.05, 4.69) is 22.6 Å². The highest BCUT2D eigenvalue weighted by Crippen LogP contribution is 2.08. The van der Waals surface area contributed by atoms with Crippen molar-refractivity contribution in [2.45, 2.75) is 25.0 Å². The number of carbonyl (C=O) groups excluding carboxylic acids is 1. The summed E-state index contributed by atoms with van der Waals surface area (Å²) in [7, 11) is 2.08. The molecule has 2 atom stereocenters. The fourth-order valence-electron chi connectivity index (χ4n) is 2.24. The summed E-state index contributed by atoms with van der Waals surface area (Å²) in [6.07, 6.45) is 2.27. The maximum atomic E-state index is 10.8. The van der Waals surface area contributed by atoms with Gasteiger partial charge >= 0.3 is 6.09 Å². The van der Waals surface area contributed by atoms with Gasteiger partial charge in [0.25, 0.3) is 0 Å². The minimum Gasteiger partial charge on any atom is -0.443 e. The third kappa shape index (κ3) is 3.07. The topological polar surface area (TPSA) is 53.6 Å². The van der Waals surface area contributed by atoms with Crippen LogP contribution in [0.4, 0.5) is 4.79 Å². The van der Waals surface area contributed by atoms with Crippen LogP contribution in [0.5, 0.6) is 0 Å². The van der Waals surface area contributed by atoms with E-state index >= 15 is 0 Å². The van der Waals surface area contributed by atoms with Crippen LogP contribution in [0, 0.1) is 0 Å². The van der Waals surface area contributed by atoms with Crippen molar-refractivity contribution in [2.75, 3.05) is 33.2 Å². The smallest absolute Gasteiger partial charge is 0.407 e. The van der Waals surface area contributed by atoms with Crippen molar-refractivity contribution in [3.63, 3.8) is 0 Å². The van der Waals surface area contributed by atoms with Gasteiger partial charge in [-0.15, -0.1) is 0 Å². The number of amides is 1. The van der Waals surface area contributed by atoms with E-state index in [4.69, 9.17) is 4.74 Å². The number of nitrogens with one attached hydrogen (secondary N) is 2. The average molecular weight is 213 g/mol. The predicted molar refractivity (Wildman–Crippen MR) is 56.8 cm³/mol. The second kappa shape index (κ2) is 4.81. The lowest BCUT2D eigenvalue weighted by atomic mass is 10.2. The largest absolute Gasteiger partial charge is 0.443 e. The highest BCUT2D eigenvalue weighted by atomic mass is 16.6. The number of cyclic esters (lactones) is 1. The Labute approximate surface area is 90.1 Å². The Bertz CT molecular complexity index is 229. The number of rotatable bonds is 4. The highest BCUT2D eigenvalue weighted by molar-refractivity contribution is 5.69. The van der Waals surface area contributed by atoms with Crippen LogP contribution >= 0.6 is 0 Å². The zero-order valence-corrected chi connectivity index (χ0v) is 9.16. The molecule has 2 rings (SSSR count). The molecular weight excluding hydrogens is 194 g/mol. The monoisotopic (exact) mass is 213 g/mol. The summed E-state index contributed by atoms with van der Waals surface area (Å²) in [5.41, 5.74) is 0. The van der Waals surface area contributed by atoms with Crippen LogP contribution in [-0.4, -0.2) is 56.4 Å². The summed E-state index contributed by atoms with van der Waals surface area (Å²) in [6.45, 7) is 3.63. The fraction of sp³-hybridized carbons (Fsp3) is 0.900. The number of hydrogen-bond donors (Lipinski definition) is 2. The second-order valence-corrected chi connectivity index (χ2v) is 4.42. The van der Waals surface area contributed by atoms with E-state index in [1.54, 1.807) is 0 Å². The molecular formula is C10H19N3O2. The van der Waals surface area contributed by atoms with Gasteiger partial charge in [-0.2, -0.15) is 0 Å². The third-order valence-corrected chi connectivity index (χ3v) is 2.96. The van der Waals surface area contributed by atoms with E-state index in [1.165, 1.54) is 12.8 Å². The van der Waals surface area contributed by atoms with Crippen molar-refractivity contribution < 1.29 is 9.53 Å². The first-order chi connectivity index (χ1) is 7.24. The molecule has 0 radical (unpaired) electrons. The number of ether oxygens (including phenoxy) is 1. The van der Waals surface area contributed by atoms with Crippen molar-refractivity contribution in [1.82, 2.24) is 15.5 Å². The van der Waals surface area contributed by atoms with E-state index in [0.717, 1.165) is 19.6 Å². The minimum atomic E-state index is -0.285. The molecule has 0 aromatic carbocycles. The average Bonchev–Trinajstić information content (AvgIpc) is 2.77. The summed E-state index contributed by atoms with van der Waals surface area (Å²) in [6, 6.07) is 0.611. The molecule has 0 bridgehead atoms. The number of alkyl carbamates (subject to hydrolysis) is 1. The molecule has 86 valence electrons. The molecule has 0 aliphatic carbocycles. The van der Waals surface area contributed by atoms with Gasteiger partial charge in [0.1, 0.15) is 6.10 Å². The number of hydrogen-bond acceptors (Lipinski definition) is 4. The quantitative estimate of drug-likeness (QED) is 0.678. The lowest BCUT2D eigenvalue weighted by molar-refractivity contribution is 0.114. The first kappa shape index (κ1) is 10.7. The summed E-state index contributed by atoms with van der Waals surface area (Å²) < 4.78 is 5.08. The van der Waals surface area contributed by atoms with Crippen molar-refractivity contribution in [3.8, 4) is 0 Å². The van der Waals surface area contributed by atoms with Gasteiger partial charge < -0.3 is 20.3 Å². The van der Waals surface area contributed by atoms with E-state index in [1.807, 2.05) is 0 Å². The van der Waals surface area contributed by atoms with Gasteiger partial charge in [-0.1, -0.05) is 0 Å². The van der Waals surface area contributed by atoms with Crippen molar-refractivity contribution in [2.24, 2.45) is 0 Å². The Morgan fingerprint density at radius 2 is 2.40 bits per heavy atom. The van der Waals surface area contributed by atoms with Crippen LogP contribution < -0.4 is 10.6 Å². The van der Waals surface area contributed by atoms with Gasteiger partial charge in [-0.05, 0) is 26.4 Å². The summed E-state index contributed by atoms with van der Waals surface area (Å²) in [4.78, 5) is 13.0. The maximum absolute atomic E-state index is 10.8. The van der Waals surface area contributed by atoms with Crippen LogP contribution in [0.2, 0.25) is 0 Å². The standard InChI is InChI=1S/C10H19N3O2/c1-13(6-8-3-2-4-11-8)7-9-5-12-10(14)15-9/h8-9,11H,2-7H2,1H3,(H,12,14). The van der Waals surface area contributed by atoms with Crippen LogP contribution in [0.15, 0.2) is 0 Å². The first-order valence-corrected chi connectivity index (χ1v) is 5.60. The maximum Gasteiger partial charge on any atom is 0.407 e. The van der Waals surface area contributed by atoms with Gasteiger partial charge in [-0.3, -0.25) is 0 Å². The Balaban J connectivity index is 1.67. The fourth-order valence-corrected chi connectivity index (χ4v) is 2.24. The molecule has 0 aromatic heterocycles. The molecule has 0 aromatic rings. The van der Waals surface area contributed by atoms with Gasteiger partial charge in [-0.25, -0.2) is 4.79 Å². The molecule has 0 saturated carbocycles. The van der Waals surface area contributed by atoms with Crippen LogP contribution in [0.25, 0.3) is 0 Å². The van der Waals surface area contributed by atoms with E-state index in [0.29, 0.717) is 12.6 Å².